The number of aromatic amines is 1. The first kappa shape index (κ1) is 18.5. The van der Waals surface area contributed by atoms with Crippen LogP contribution in [0.15, 0.2) is 40.1 Å². The molecule has 1 aromatic heterocycles. The van der Waals surface area contributed by atoms with Crippen molar-refractivity contribution in [2.24, 2.45) is 0 Å². The number of aliphatic hydroxyl groups is 2. The van der Waals surface area contributed by atoms with E-state index in [0.29, 0.717) is 10.6 Å². The summed E-state index contributed by atoms with van der Waals surface area (Å²) in [5.74, 6) is -0.628. The second kappa shape index (κ2) is 7.16. The third-order valence-corrected chi connectivity index (χ3v) is 4.55. The number of carbonyl (C=O) groups is 1. The van der Waals surface area contributed by atoms with Gasteiger partial charge in [0.25, 0.3) is 5.56 Å². The molecule has 1 unspecified atom stereocenters. The number of halogens is 1. The average Bonchev–Trinajstić information content (AvgIpc) is 2.99. The zero-order valence-corrected chi connectivity index (χ0v) is 14.5. The van der Waals surface area contributed by atoms with Crippen molar-refractivity contribution in [3.8, 4) is 0 Å². The highest BCUT2D eigenvalue weighted by Crippen LogP contribution is 2.30. The number of aryl methyl sites for hydroxylation is 1. The van der Waals surface area contributed by atoms with Gasteiger partial charge in [0, 0.05) is 28.8 Å². The number of aliphatic hydroxyl groups excluding tert-OH is 2. The lowest BCUT2D eigenvalue weighted by Crippen LogP contribution is -2.40. The van der Waals surface area contributed by atoms with Crippen LogP contribution in [0.25, 0.3) is 0 Å². The van der Waals surface area contributed by atoms with Crippen molar-refractivity contribution in [1.82, 2.24) is 9.55 Å². The van der Waals surface area contributed by atoms with Crippen LogP contribution in [0, 0.1) is 6.92 Å². The monoisotopic (exact) mass is 380 g/mol. The van der Waals surface area contributed by atoms with E-state index < -0.39 is 41.6 Å². The fraction of sp³-hybridized carbons (Fsp3) is 0.353. The summed E-state index contributed by atoms with van der Waals surface area (Å²) in [5, 5.41) is 21.0. The maximum Gasteiger partial charge on any atom is 0.330 e. The van der Waals surface area contributed by atoms with Crippen LogP contribution in [-0.4, -0.2) is 43.9 Å². The van der Waals surface area contributed by atoms with Crippen molar-refractivity contribution in [3.63, 3.8) is 0 Å². The molecule has 3 rings (SSSR count). The topological polar surface area (TPSA) is 122 Å². The number of nitrogens with one attached hydrogen (secondary N) is 1. The number of Topliss-reactive ketones (excluding diaryl/α,β-unsaturated/α-hetero) is 1. The molecule has 1 aliphatic rings. The largest absolute Gasteiger partial charge is 0.390 e. The molecule has 1 saturated heterocycles. The summed E-state index contributed by atoms with van der Waals surface area (Å²) in [4.78, 5) is 38.0. The van der Waals surface area contributed by atoms with Crippen molar-refractivity contribution >= 4 is 17.4 Å². The molecule has 1 aromatic carbocycles. The number of rotatable bonds is 4. The van der Waals surface area contributed by atoms with Gasteiger partial charge in [-0.1, -0.05) is 11.6 Å². The molecule has 0 amide bonds. The summed E-state index contributed by atoms with van der Waals surface area (Å²) in [6, 6.07) is 5.95. The third kappa shape index (κ3) is 3.49. The smallest absolute Gasteiger partial charge is 0.330 e. The van der Waals surface area contributed by atoms with Crippen LogP contribution < -0.4 is 11.2 Å². The minimum atomic E-state index is -1.62. The first-order chi connectivity index (χ1) is 12.3. The molecular weight excluding hydrogens is 364 g/mol. The molecule has 9 heteroatoms. The Kier molecular flexibility index (Phi) is 5.10. The fourth-order valence-corrected chi connectivity index (χ4v) is 2.99. The van der Waals surface area contributed by atoms with Crippen molar-refractivity contribution in [2.75, 3.05) is 0 Å². The molecule has 0 bridgehead atoms. The van der Waals surface area contributed by atoms with E-state index in [0.717, 1.165) is 4.57 Å². The first-order valence-electron chi connectivity index (χ1n) is 7.91. The fourth-order valence-electron chi connectivity index (χ4n) is 2.87. The molecule has 0 radical (unpaired) electrons. The normalized spacial score (nSPS) is 23.8. The lowest BCUT2D eigenvalue weighted by molar-refractivity contribution is -0.0715. The van der Waals surface area contributed by atoms with Gasteiger partial charge in [-0.3, -0.25) is 19.1 Å². The van der Waals surface area contributed by atoms with E-state index in [2.05, 4.69) is 4.98 Å². The second-order valence-electron chi connectivity index (χ2n) is 6.15. The van der Waals surface area contributed by atoms with Crippen LogP contribution in [0.1, 0.15) is 28.6 Å². The van der Waals surface area contributed by atoms with Gasteiger partial charge in [-0.25, -0.2) is 4.79 Å². The number of nitrogens with zero attached hydrogens (tertiary/aromatic N) is 1. The van der Waals surface area contributed by atoms with Gasteiger partial charge in [-0.05, 0) is 31.2 Å². The maximum absolute atomic E-state index is 12.4. The Morgan fingerprint density at radius 1 is 1.35 bits per heavy atom. The van der Waals surface area contributed by atoms with E-state index >= 15 is 0 Å². The summed E-state index contributed by atoms with van der Waals surface area (Å²) in [6.07, 6.45) is -3.59. The molecule has 0 saturated carbocycles. The lowest BCUT2D eigenvalue weighted by atomic mass is 9.99. The highest BCUT2D eigenvalue weighted by molar-refractivity contribution is 6.30. The average molecular weight is 381 g/mol. The lowest BCUT2D eigenvalue weighted by Gasteiger charge is -2.20. The standard InChI is InChI=1S/C17H17ClN2O6/c1-8-7-20(17(25)19-16(8)24)12-6-11(21)15(26-12)14(23)13(22)9-2-4-10(18)5-3-9/h2-5,7,11-12,14-15,21,23H,6H2,1H3,(H,19,24,25)/t11-,12+,14?,15-/m0/s1. The van der Waals surface area contributed by atoms with Gasteiger partial charge in [0.15, 0.2) is 5.78 Å². The molecule has 26 heavy (non-hydrogen) atoms. The van der Waals surface area contributed by atoms with E-state index in [-0.39, 0.29) is 12.0 Å². The van der Waals surface area contributed by atoms with Gasteiger partial charge in [-0.15, -0.1) is 0 Å². The molecule has 0 aliphatic carbocycles. The molecule has 1 aliphatic heterocycles. The molecule has 2 aromatic rings. The summed E-state index contributed by atoms with van der Waals surface area (Å²) in [5.41, 5.74) is -0.696. The van der Waals surface area contributed by atoms with Crippen molar-refractivity contribution in [1.29, 1.82) is 0 Å². The van der Waals surface area contributed by atoms with E-state index in [4.69, 9.17) is 16.3 Å². The Bertz CT molecular complexity index is 936. The zero-order chi connectivity index (χ0) is 19.0. The quantitative estimate of drug-likeness (QED) is 0.660. The van der Waals surface area contributed by atoms with Crippen LogP contribution in [0.4, 0.5) is 0 Å². The van der Waals surface area contributed by atoms with Gasteiger partial charge < -0.3 is 14.9 Å². The minimum Gasteiger partial charge on any atom is -0.390 e. The molecule has 1 fully saturated rings. The summed E-state index contributed by atoms with van der Waals surface area (Å²) >= 11 is 5.78. The zero-order valence-electron chi connectivity index (χ0n) is 13.8. The van der Waals surface area contributed by atoms with Crippen molar-refractivity contribution < 1.29 is 19.7 Å². The first-order valence-corrected chi connectivity index (χ1v) is 8.29. The second-order valence-corrected chi connectivity index (χ2v) is 6.59. The number of hydrogen-bond acceptors (Lipinski definition) is 6. The third-order valence-electron chi connectivity index (χ3n) is 4.30. The predicted molar refractivity (Wildman–Crippen MR) is 92.4 cm³/mol. The van der Waals surface area contributed by atoms with E-state index in [1.807, 2.05) is 0 Å². The molecule has 138 valence electrons. The number of aromatic nitrogens is 2. The molecule has 2 heterocycles. The van der Waals surface area contributed by atoms with Gasteiger partial charge in [0.05, 0.1) is 6.10 Å². The van der Waals surface area contributed by atoms with E-state index in [9.17, 15) is 24.6 Å². The van der Waals surface area contributed by atoms with Crippen LogP contribution in [0.3, 0.4) is 0 Å². The predicted octanol–water partition coefficient (Wildman–Crippen LogP) is 0.391. The highest BCUT2D eigenvalue weighted by atomic mass is 35.5. The van der Waals surface area contributed by atoms with E-state index in [1.165, 1.54) is 37.4 Å². The minimum absolute atomic E-state index is 0.0129. The molecule has 3 N–H and O–H groups in total. The molecule has 4 atom stereocenters. The number of carbonyl (C=O) groups excluding carboxylic acids is 1. The Morgan fingerprint density at radius 2 is 2.00 bits per heavy atom. The molecular formula is C17H17ClN2O6. The SMILES string of the molecule is Cc1cn([C@H]2C[C@H](O)[C@@H](C(O)C(=O)c3ccc(Cl)cc3)O2)c(=O)[nH]c1=O. The number of benzene rings is 1. The van der Waals surface area contributed by atoms with Crippen LogP contribution in [-0.2, 0) is 4.74 Å². The number of hydrogen-bond donors (Lipinski definition) is 3. The van der Waals surface area contributed by atoms with Gasteiger partial charge in [-0.2, -0.15) is 0 Å². The Morgan fingerprint density at radius 3 is 2.65 bits per heavy atom. The highest BCUT2D eigenvalue weighted by Gasteiger charge is 2.42. The van der Waals surface area contributed by atoms with Crippen LogP contribution in [0.2, 0.25) is 5.02 Å². The Labute approximate surface area is 152 Å². The van der Waals surface area contributed by atoms with Gasteiger partial charge in [0.2, 0.25) is 0 Å². The Hall–Kier alpha value is -2.26. The molecule has 8 nitrogen and oxygen atoms in total. The van der Waals surface area contributed by atoms with Crippen LogP contribution in [0.5, 0.6) is 0 Å². The summed E-state index contributed by atoms with van der Waals surface area (Å²) < 4.78 is 6.68. The summed E-state index contributed by atoms with van der Waals surface area (Å²) in [7, 11) is 0. The number of H-pyrrole nitrogens is 1. The van der Waals surface area contributed by atoms with Crippen LogP contribution >= 0.6 is 11.6 Å². The van der Waals surface area contributed by atoms with E-state index in [1.54, 1.807) is 0 Å². The maximum atomic E-state index is 12.4. The molecule has 0 spiro atoms. The Balaban J connectivity index is 1.81. The van der Waals surface area contributed by atoms with Crippen molar-refractivity contribution in [2.45, 2.75) is 37.9 Å². The van der Waals surface area contributed by atoms with Gasteiger partial charge >= 0.3 is 5.69 Å². The van der Waals surface area contributed by atoms with Crippen molar-refractivity contribution in [3.05, 3.63) is 67.4 Å². The number of ether oxygens (including phenoxy) is 1. The number of ketones is 1. The van der Waals surface area contributed by atoms with Gasteiger partial charge in [0.1, 0.15) is 18.4 Å². The summed E-state index contributed by atoms with van der Waals surface area (Å²) in [6.45, 7) is 1.52.